The molecule has 7 heteroatoms. The number of anilines is 1. The Morgan fingerprint density at radius 2 is 1.53 bits per heavy atom. The molecule has 0 spiro atoms. The molecule has 0 aliphatic carbocycles. The molecule has 1 atom stereocenters. The quantitative estimate of drug-likeness (QED) is 0.280. The Balaban J connectivity index is 0.00000180. The highest BCUT2D eigenvalue weighted by Crippen LogP contribution is 2.44. The Kier molecular flexibility index (Phi) is 9.66. The molecule has 3 aromatic carbocycles. The monoisotopic (exact) mass is 528 g/mol. The van der Waals surface area contributed by atoms with Crippen molar-refractivity contribution in [2.45, 2.75) is 32.2 Å². The SMILES string of the molecule is Cc1ccc(N2CCN(CCCOC(=O)C3c4ccccc4Oc4ccccc43)C(C)C2)cc1.Cl.Cl. The average molecular weight is 530 g/mol. The Morgan fingerprint density at radius 1 is 0.917 bits per heavy atom. The van der Waals surface area contributed by atoms with Crippen LogP contribution in [0.5, 0.6) is 11.5 Å². The topological polar surface area (TPSA) is 42.0 Å². The van der Waals surface area contributed by atoms with Gasteiger partial charge in [0.1, 0.15) is 17.4 Å². The first-order valence-electron chi connectivity index (χ1n) is 12.2. The van der Waals surface area contributed by atoms with Crippen molar-refractivity contribution in [1.82, 2.24) is 4.90 Å². The molecular weight excluding hydrogens is 495 g/mol. The summed E-state index contributed by atoms with van der Waals surface area (Å²) in [5.41, 5.74) is 4.32. The summed E-state index contributed by atoms with van der Waals surface area (Å²) in [6, 6.07) is 24.7. The zero-order chi connectivity index (χ0) is 23.5. The van der Waals surface area contributed by atoms with Gasteiger partial charge in [0.25, 0.3) is 0 Å². The number of carbonyl (C=O) groups is 1. The van der Waals surface area contributed by atoms with Crippen molar-refractivity contribution in [3.8, 4) is 11.5 Å². The van der Waals surface area contributed by atoms with Crippen LogP contribution in [0.25, 0.3) is 0 Å². The molecule has 2 heterocycles. The van der Waals surface area contributed by atoms with Crippen LogP contribution in [0.3, 0.4) is 0 Å². The summed E-state index contributed by atoms with van der Waals surface area (Å²) in [6.07, 6.45) is 0.827. The van der Waals surface area contributed by atoms with Gasteiger partial charge in [0.2, 0.25) is 0 Å². The number of halogens is 2. The molecule has 5 rings (SSSR count). The minimum Gasteiger partial charge on any atom is -0.465 e. The van der Waals surface area contributed by atoms with E-state index >= 15 is 0 Å². The van der Waals surface area contributed by atoms with E-state index in [1.54, 1.807) is 0 Å². The number of para-hydroxylation sites is 2. The van der Waals surface area contributed by atoms with E-state index in [4.69, 9.17) is 9.47 Å². The lowest BCUT2D eigenvalue weighted by atomic mass is 9.88. The van der Waals surface area contributed by atoms with Crippen LogP contribution in [0.15, 0.2) is 72.8 Å². The molecule has 36 heavy (non-hydrogen) atoms. The van der Waals surface area contributed by atoms with Gasteiger partial charge >= 0.3 is 5.97 Å². The molecule has 1 saturated heterocycles. The number of fused-ring (bicyclic) bond motifs is 2. The predicted octanol–water partition coefficient (Wildman–Crippen LogP) is 6.22. The van der Waals surface area contributed by atoms with Crippen molar-refractivity contribution in [3.63, 3.8) is 0 Å². The smallest absolute Gasteiger partial charge is 0.318 e. The highest BCUT2D eigenvalue weighted by atomic mass is 35.5. The van der Waals surface area contributed by atoms with Crippen LogP contribution >= 0.6 is 24.8 Å². The van der Waals surface area contributed by atoms with Gasteiger partial charge in [-0.3, -0.25) is 9.69 Å². The van der Waals surface area contributed by atoms with E-state index in [0.29, 0.717) is 12.6 Å². The zero-order valence-electron chi connectivity index (χ0n) is 20.8. The molecular formula is C29H34Cl2N2O3. The lowest BCUT2D eigenvalue weighted by Crippen LogP contribution is -2.52. The fraction of sp³-hybridized carbons (Fsp3) is 0.345. The molecule has 0 N–H and O–H groups in total. The third-order valence-electron chi connectivity index (χ3n) is 6.91. The second-order valence-corrected chi connectivity index (χ2v) is 9.30. The molecule has 0 aromatic heterocycles. The van der Waals surface area contributed by atoms with Crippen LogP contribution in [-0.2, 0) is 9.53 Å². The van der Waals surface area contributed by atoms with Crippen molar-refractivity contribution in [2.75, 3.05) is 37.7 Å². The van der Waals surface area contributed by atoms with Crippen LogP contribution in [0.1, 0.15) is 36.0 Å². The van der Waals surface area contributed by atoms with E-state index < -0.39 is 5.92 Å². The molecule has 0 radical (unpaired) electrons. The summed E-state index contributed by atoms with van der Waals surface area (Å²) in [5.74, 6) is 0.797. The van der Waals surface area contributed by atoms with Gasteiger partial charge in [-0.1, -0.05) is 54.1 Å². The molecule has 0 saturated carbocycles. The van der Waals surface area contributed by atoms with E-state index in [0.717, 1.165) is 55.2 Å². The minimum atomic E-state index is -0.446. The van der Waals surface area contributed by atoms with Gasteiger partial charge in [0, 0.05) is 49.0 Å². The van der Waals surface area contributed by atoms with Crippen molar-refractivity contribution in [3.05, 3.63) is 89.5 Å². The van der Waals surface area contributed by atoms with E-state index in [1.807, 2.05) is 48.5 Å². The fourth-order valence-corrected chi connectivity index (χ4v) is 5.01. The number of esters is 1. The number of hydrogen-bond donors (Lipinski definition) is 0. The van der Waals surface area contributed by atoms with E-state index in [9.17, 15) is 4.79 Å². The Bertz CT molecular complexity index is 1110. The standard InChI is InChI=1S/C29H32N2O3.2ClH/c1-21-12-14-23(15-13-21)31-18-17-30(22(2)20-31)16-7-19-33-29(32)28-24-8-3-5-10-26(24)34-27-11-6-4-9-25(27)28;;/h3-6,8-15,22,28H,7,16-20H2,1-2H3;2*1H. The van der Waals surface area contributed by atoms with Crippen LogP contribution in [0, 0.1) is 6.92 Å². The highest BCUT2D eigenvalue weighted by molar-refractivity contribution is 5.86. The lowest BCUT2D eigenvalue weighted by molar-refractivity contribution is -0.144. The van der Waals surface area contributed by atoms with Crippen molar-refractivity contribution in [1.29, 1.82) is 0 Å². The molecule has 3 aromatic rings. The first-order chi connectivity index (χ1) is 16.6. The number of aryl methyl sites for hydroxylation is 1. The average Bonchev–Trinajstić information content (AvgIpc) is 2.86. The fourth-order valence-electron chi connectivity index (χ4n) is 5.01. The molecule has 1 fully saturated rings. The molecule has 2 aliphatic rings. The first-order valence-corrected chi connectivity index (χ1v) is 12.2. The molecule has 5 nitrogen and oxygen atoms in total. The number of rotatable bonds is 6. The molecule has 2 aliphatic heterocycles. The van der Waals surface area contributed by atoms with Crippen LogP contribution in [0.4, 0.5) is 5.69 Å². The largest absolute Gasteiger partial charge is 0.465 e. The minimum absolute atomic E-state index is 0. The second-order valence-electron chi connectivity index (χ2n) is 9.30. The maximum Gasteiger partial charge on any atom is 0.318 e. The Morgan fingerprint density at radius 3 is 2.14 bits per heavy atom. The van der Waals surface area contributed by atoms with Crippen LogP contribution in [0.2, 0.25) is 0 Å². The summed E-state index contributed by atoms with van der Waals surface area (Å²) in [5, 5.41) is 0. The van der Waals surface area contributed by atoms with Crippen LogP contribution in [-0.4, -0.2) is 49.7 Å². The third-order valence-corrected chi connectivity index (χ3v) is 6.91. The van der Waals surface area contributed by atoms with Gasteiger partial charge in [-0.05, 0) is 44.5 Å². The molecule has 192 valence electrons. The number of ether oxygens (including phenoxy) is 2. The summed E-state index contributed by atoms with van der Waals surface area (Å²) in [6.45, 7) is 8.80. The van der Waals surface area contributed by atoms with Crippen molar-refractivity contribution in [2.24, 2.45) is 0 Å². The number of benzene rings is 3. The summed E-state index contributed by atoms with van der Waals surface area (Å²) < 4.78 is 11.8. The Labute approximate surface area is 226 Å². The lowest BCUT2D eigenvalue weighted by Gasteiger charge is -2.41. The van der Waals surface area contributed by atoms with Gasteiger partial charge < -0.3 is 14.4 Å². The van der Waals surface area contributed by atoms with E-state index in [2.05, 4.69) is 47.9 Å². The third kappa shape index (κ3) is 5.97. The maximum absolute atomic E-state index is 13.2. The summed E-state index contributed by atoms with van der Waals surface area (Å²) >= 11 is 0. The number of hydrogen-bond acceptors (Lipinski definition) is 5. The number of nitrogens with zero attached hydrogens (tertiary/aromatic N) is 2. The second kappa shape index (κ2) is 12.5. The van der Waals surface area contributed by atoms with Crippen molar-refractivity contribution >= 4 is 36.5 Å². The molecule has 1 unspecified atom stereocenters. The summed E-state index contributed by atoms with van der Waals surface area (Å²) in [7, 11) is 0. The van der Waals surface area contributed by atoms with Gasteiger partial charge in [-0.25, -0.2) is 0 Å². The van der Waals surface area contributed by atoms with Crippen molar-refractivity contribution < 1.29 is 14.3 Å². The highest BCUT2D eigenvalue weighted by Gasteiger charge is 2.33. The summed E-state index contributed by atoms with van der Waals surface area (Å²) in [4.78, 5) is 18.1. The maximum atomic E-state index is 13.2. The Hall–Kier alpha value is -2.73. The van der Waals surface area contributed by atoms with E-state index in [1.165, 1.54) is 11.3 Å². The van der Waals surface area contributed by atoms with Gasteiger partial charge in [0.15, 0.2) is 0 Å². The van der Waals surface area contributed by atoms with Crippen LogP contribution < -0.4 is 9.64 Å². The normalized spacial score (nSPS) is 17.1. The van der Waals surface area contributed by atoms with Gasteiger partial charge in [-0.2, -0.15) is 0 Å². The van der Waals surface area contributed by atoms with Gasteiger partial charge in [0.05, 0.1) is 6.61 Å². The molecule has 0 amide bonds. The molecule has 0 bridgehead atoms. The number of carbonyl (C=O) groups excluding carboxylic acids is 1. The first kappa shape index (κ1) is 27.9. The zero-order valence-corrected chi connectivity index (χ0v) is 22.4. The van der Waals surface area contributed by atoms with E-state index in [-0.39, 0.29) is 30.8 Å². The number of piperazine rings is 1. The van der Waals surface area contributed by atoms with Gasteiger partial charge in [-0.15, -0.1) is 24.8 Å². The predicted molar refractivity (Wildman–Crippen MR) is 149 cm³/mol.